The van der Waals surface area contributed by atoms with Crippen molar-refractivity contribution in [3.63, 3.8) is 0 Å². The van der Waals surface area contributed by atoms with Gasteiger partial charge in [0, 0.05) is 62.3 Å². The number of likely N-dealkylation sites (N-methyl/N-ethyl adjacent to an activating group) is 1. The van der Waals surface area contributed by atoms with Crippen LogP contribution in [0.4, 0.5) is 32.2 Å². The second-order valence-corrected chi connectivity index (χ2v) is 13.7. The van der Waals surface area contributed by atoms with Crippen LogP contribution in [-0.2, 0) is 11.0 Å². The van der Waals surface area contributed by atoms with Gasteiger partial charge in [-0.1, -0.05) is 23.7 Å². The summed E-state index contributed by atoms with van der Waals surface area (Å²) in [4.78, 5) is 38.9. The Morgan fingerprint density at radius 2 is 1.87 bits per heavy atom. The lowest BCUT2D eigenvalue weighted by Gasteiger charge is -2.27. The van der Waals surface area contributed by atoms with E-state index in [4.69, 9.17) is 16.3 Å². The van der Waals surface area contributed by atoms with Crippen LogP contribution in [-0.4, -0.2) is 99.2 Å². The molecule has 3 unspecified atom stereocenters. The van der Waals surface area contributed by atoms with Crippen LogP contribution < -0.4 is 9.64 Å². The number of benzene rings is 1. The summed E-state index contributed by atoms with van der Waals surface area (Å²) in [5.41, 5.74) is -1.81. The number of hydrogen-bond donors (Lipinski definition) is 0. The minimum Gasteiger partial charge on any atom is -0.467 e. The Kier molecular flexibility index (Phi) is 11.1. The zero-order valence-corrected chi connectivity index (χ0v) is 30.1. The highest BCUT2D eigenvalue weighted by Crippen LogP contribution is 2.43. The molecule has 0 bridgehead atoms. The lowest BCUT2D eigenvalue weighted by atomic mass is 10.0. The SMILES string of the molecule is COc1nc(N(C)C2CCN(C(=O)/C(F)=C/c3cc(C)nc(C)n3)C2)c2cnc(-c3cccc(Cl)c3C(F)(F)F)c(F)c2n1.FC1CC2CCCN2C1. The maximum Gasteiger partial charge on any atom is 0.418 e. The third kappa shape index (κ3) is 8.17. The van der Waals surface area contributed by atoms with Gasteiger partial charge >= 0.3 is 12.2 Å². The van der Waals surface area contributed by atoms with Gasteiger partial charge in [0.15, 0.2) is 11.6 Å². The molecule has 3 aromatic heterocycles. The van der Waals surface area contributed by atoms with Gasteiger partial charge in [0.25, 0.3) is 5.91 Å². The number of hydrogen-bond acceptors (Lipinski definition) is 9. The number of fused-ring (bicyclic) bond motifs is 2. The number of likely N-dealkylation sites (tertiary alicyclic amines) is 1. The molecule has 6 heterocycles. The van der Waals surface area contributed by atoms with Gasteiger partial charge in [-0.2, -0.15) is 23.1 Å². The van der Waals surface area contributed by atoms with E-state index in [0.29, 0.717) is 30.5 Å². The zero-order valence-electron chi connectivity index (χ0n) is 29.4. The first kappa shape index (κ1) is 38.2. The molecule has 0 spiro atoms. The predicted octanol–water partition coefficient (Wildman–Crippen LogP) is 7.16. The van der Waals surface area contributed by atoms with E-state index in [1.54, 1.807) is 31.9 Å². The summed E-state index contributed by atoms with van der Waals surface area (Å²) in [5.74, 6) is -2.33. The fourth-order valence-electron chi connectivity index (χ4n) is 7.18. The van der Waals surface area contributed by atoms with E-state index >= 15 is 4.39 Å². The first-order valence-corrected chi connectivity index (χ1v) is 17.4. The molecule has 7 rings (SSSR count). The Morgan fingerprint density at radius 3 is 2.57 bits per heavy atom. The van der Waals surface area contributed by atoms with Crippen molar-refractivity contribution in [2.75, 3.05) is 45.2 Å². The number of alkyl halides is 4. The molecule has 3 aliphatic heterocycles. The monoisotopic (exact) mass is 762 g/mol. The van der Waals surface area contributed by atoms with Crippen LogP contribution in [0.15, 0.2) is 36.3 Å². The number of anilines is 1. The number of amides is 1. The molecule has 3 atom stereocenters. The number of halogens is 7. The quantitative estimate of drug-likeness (QED) is 0.150. The molecule has 3 aliphatic rings. The number of carbonyl (C=O) groups excluding carboxylic acids is 1. The van der Waals surface area contributed by atoms with Crippen LogP contribution in [0, 0.1) is 19.7 Å². The van der Waals surface area contributed by atoms with Gasteiger partial charge in [0.05, 0.1) is 28.8 Å². The second kappa shape index (κ2) is 15.4. The number of pyridine rings is 1. The highest BCUT2D eigenvalue weighted by molar-refractivity contribution is 6.31. The van der Waals surface area contributed by atoms with Crippen molar-refractivity contribution in [3.05, 3.63) is 69.9 Å². The van der Waals surface area contributed by atoms with Crippen LogP contribution >= 0.6 is 11.6 Å². The Morgan fingerprint density at radius 1 is 1.09 bits per heavy atom. The molecule has 17 heteroatoms. The molecule has 0 N–H and O–H groups in total. The average molecular weight is 763 g/mol. The summed E-state index contributed by atoms with van der Waals surface area (Å²) in [6.07, 6.45) is 0.582. The Hall–Kier alpha value is -4.57. The molecule has 0 aliphatic carbocycles. The smallest absolute Gasteiger partial charge is 0.418 e. The standard InChI is InChI=1S/C29H25ClF5N7O2.C7H12FN/c1-14-10-16(38-15(2)37-14)11-21(31)27(43)42-9-8-17(13-42)41(3)26-19-12-36-24(23(32)25(19)39-28(40-26)44-4)18-6-5-7-20(30)22(18)29(33,34)35;8-6-4-7-2-1-3-9(7)5-6/h5-7,10-12,17H,8-9,13H2,1-4H3;6-7H,1-5H2/b21-11-;. The van der Waals surface area contributed by atoms with Gasteiger partial charge in [-0.25, -0.2) is 23.1 Å². The third-order valence-corrected chi connectivity index (χ3v) is 9.95. The van der Waals surface area contributed by atoms with E-state index in [9.17, 15) is 26.7 Å². The number of rotatable bonds is 6. The highest BCUT2D eigenvalue weighted by atomic mass is 35.5. The number of ether oxygens (including phenoxy) is 1. The lowest BCUT2D eigenvalue weighted by Crippen LogP contribution is -2.37. The van der Waals surface area contributed by atoms with E-state index in [2.05, 4.69) is 29.8 Å². The summed E-state index contributed by atoms with van der Waals surface area (Å²) < 4.78 is 90.1. The van der Waals surface area contributed by atoms with Crippen molar-refractivity contribution in [2.45, 2.75) is 64.0 Å². The van der Waals surface area contributed by atoms with Crippen molar-refractivity contribution < 1.29 is 35.9 Å². The van der Waals surface area contributed by atoms with Crippen molar-refractivity contribution in [1.29, 1.82) is 0 Å². The van der Waals surface area contributed by atoms with Gasteiger partial charge in [-0.3, -0.25) is 14.7 Å². The number of methoxy groups -OCH3 is 1. The van der Waals surface area contributed by atoms with E-state index < -0.39 is 51.7 Å². The minimum absolute atomic E-state index is 0.0930. The number of aryl methyl sites for hydroxylation is 2. The molecule has 1 aromatic carbocycles. The number of carbonyl (C=O) groups is 1. The summed E-state index contributed by atoms with van der Waals surface area (Å²) >= 11 is 5.84. The highest BCUT2D eigenvalue weighted by Gasteiger charge is 2.38. The van der Waals surface area contributed by atoms with Crippen molar-refractivity contribution in [3.8, 4) is 17.3 Å². The fourth-order valence-corrected chi connectivity index (χ4v) is 7.47. The summed E-state index contributed by atoms with van der Waals surface area (Å²) in [6, 6.07) is 4.93. The summed E-state index contributed by atoms with van der Waals surface area (Å²) in [5, 5.41) is -0.513. The third-order valence-electron chi connectivity index (χ3n) is 9.64. The van der Waals surface area contributed by atoms with Gasteiger partial charge in [-0.15, -0.1) is 0 Å². The Labute approximate surface area is 306 Å². The molecule has 0 radical (unpaired) electrons. The van der Waals surface area contributed by atoms with Crippen LogP contribution in [0.3, 0.4) is 0 Å². The average Bonchev–Trinajstić information content (AvgIpc) is 3.84. The van der Waals surface area contributed by atoms with Gasteiger partial charge in [0.2, 0.25) is 0 Å². The van der Waals surface area contributed by atoms with Gasteiger partial charge in [0.1, 0.15) is 29.0 Å². The molecule has 4 aromatic rings. The second-order valence-electron chi connectivity index (χ2n) is 13.3. The minimum atomic E-state index is -4.88. The topological polar surface area (TPSA) is 100 Å². The van der Waals surface area contributed by atoms with Gasteiger partial charge < -0.3 is 14.5 Å². The molecule has 282 valence electrons. The predicted molar refractivity (Wildman–Crippen MR) is 187 cm³/mol. The first-order chi connectivity index (χ1) is 25.1. The molecule has 1 amide bonds. The van der Waals surface area contributed by atoms with E-state index in [0.717, 1.165) is 31.2 Å². The van der Waals surface area contributed by atoms with E-state index in [1.165, 1.54) is 37.1 Å². The summed E-state index contributed by atoms with van der Waals surface area (Å²) in [7, 11) is 2.90. The number of nitrogens with zero attached hydrogens (tertiary/aromatic N) is 8. The number of aromatic nitrogens is 5. The van der Waals surface area contributed by atoms with Crippen LogP contribution in [0.5, 0.6) is 6.01 Å². The summed E-state index contributed by atoms with van der Waals surface area (Å²) in [6.45, 7) is 5.59. The maximum absolute atomic E-state index is 15.9. The maximum atomic E-state index is 15.9. The molecule has 3 saturated heterocycles. The largest absolute Gasteiger partial charge is 0.467 e. The van der Waals surface area contributed by atoms with Crippen LogP contribution in [0.2, 0.25) is 5.02 Å². The molecular formula is C36H37ClF6N8O2. The zero-order chi connectivity index (χ0) is 38.2. The Bertz CT molecular complexity index is 2020. The molecule has 53 heavy (non-hydrogen) atoms. The lowest BCUT2D eigenvalue weighted by molar-refractivity contribution is -0.137. The molecule has 3 fully saturated rings. The van der Waals surface area contributed by atoms with E-state index in [-0.39, 0.29) is 47.6 Å². The molecule has 10 nitrogen and oxygen atoms in total. The van der Waals surface area contributed by atoms with Crippen LogP contribution in [0.25, 0.3) is 28.2 Å². The van der Waals surface area contributed by atoms with Crippen molar-refractivity contribution in [1.82, 2.24) is 34.7 Å². The van der Waals surface area contributed by atoms with Crippen molar-refractivity contribution in [2.24, 2.45) is 0 Å². The van der Waals surface area contributed by atoms with Gasteiger partial charge in [-0.05, 0) is 58.2 Å². The van der Waals surface area contributed by atoms with Crippen LogP contribution in [0.1, 0.15) is 48.5 Å². The molecule has 0 saturated carbocycles. The first-order valence-electron chi connectivity index (χ1n) is 17.0. The molecular weight excluding hydrogens is 726 g/mol. The van der Waals surface area contributed by atoms with E-state index in [1.807, 2.05) is 0 Å². The normalized spacial score (nSPS) is 20.4. The Balaban J connectivity index is 0.000000461. The van der Waals surface area contributed by atoms with Crippen molar-refractivity contribution >= 4 is 40.3 Å². The fraction of sp³-hybridized carbons (Fsp3) is 0.444.